The third-order valence-electron chi connectivity index (χ3n) is 1.68. The molecule has 0 unspecified atom stereocenters. The van der Waals surface area contributed by atoms with Crippen LogP contribution in [0.5, 0.6) is 0 Å². The first-order valence-electron chi connectivity index (χ1n) is 3.35. The molecule has 2 aromatic heterocycles. The zero-order valence-corrected chi connectivity index (χ0v) is 6.84. The number of rotatable bonds is 0. The Labute approximate surface area is 69.4 Å². The van der Waals surface area contributed by atoms with Crippen LogP contribution in [0.4, 0.5) is 0 Å². The number of imidazole rings is 1. The van der Waals surface area contributed by atoms with Gasteiger partial charge in [0.15, 0.2) is 0 Å². The average Bonchev–Trinajstić information content (AvgIpc) is 2.34. The van der Waals surface area contributed by atoms with E-state index in [9.17, 15) is 0 Å². The number of aromatic nitrogens is 2. The molecule has 2 rings (SSSR count). The number of pyridine rings is 1. The molecule has 0 aliphatic heterocycles. The second-order valence-electron chi connectivity index (χ2n) is 2.50. The quantitative estimate of drug-likeness (QED) is 0.587. The van der Waals surface area contributed by atoms with Gasteiger partial charge in [0.2, 0.25) is 0 Å². The highest BCUT2D eigenvalue weighted by atomic mass is 35.5. The van der Waals surface area contributed by atoms with Crippen molar-refractivity contribution in [1.82, 2.24) is 9.38 Å². The SMILES string of the molecule is Cc1cc(Cl)cc2cncn12. The van der Waals surface area contributed by atoms with Gasteiger partial charge in [-0.15, -0.1) is 0 Å². The van der Waals surface area contributed by atoms with Gasteiger partial charge in [-0.2, -0.15) is 0 Å². The first-order chi connectivity index (χ1) is 5.27. The minimum Gasteiger partial charge on any atom is -0.303 e. The minimum absolute atomic E-state index is 0.760. The first-order valence-corrected chi connectivity index (χ1v) is 3.73. The monoisotopic (exact) mass is 166 g/mol. The Morgan fingerprint density at radius 3 is 3.09 bits per heavy atom. The van der Waals surface area contributed by atoms with Crippen LogP contribution >= 0.6 is 11.6 Å². The fraction of sp³-hybridized carbons (Fsp3) is 0.125. The largest absolute Gasteiger partial charge is 0.303 e. The van der Waals surface area contributed by atoms with Crippen molar-refractivity contribution in [1.29, 1.82) is 0 Å². The predicted octanol–water partition coefficient (Wildman–Crippen LogP) is 2.30. The molecule has 0 amide bonds. The Bertz CT molecular complexity index is 392. The molecule has 2 heterocycles. The summed E-state index contributed by atoms with van der Waals surface area (Å²) in [5, 5.41) is 0.760. The first kappa shape index (κ1) is 6.68. The lowest BCUT2D eigenvalue weighted by atomic mass is 10.3. The molecule has 0 atom stereocenters. The van der Waals surface area contributed by atoms with Crippen LogP contribution in [0.25, 0.3) is 5.52 Å². The van der Waals surface area contributed by atoms with E-state index in [1.807, 2.05) is 23.5 Å². The van der Waals surface area contributed by atoms with E-state index in [2.05, 4.69) is 4.98 Å². The second kappa shape index (κ2) is 2.24. The van der Waals surface area contributed by atoms with E-state index in [1.165, 1.54) is 0 Å². The van der Waals surface area contributed by atoms with E-state index in [1.54, 1.807) is 12.5 Å². The fourth-order valence-electron chi connectivity index (χ4n) is 1.16. The number of nitrogens with zero attached hydrogens (tertiary/aromatic N) is 2. The lowest BCUT2D eigenvalue weighted by molar-refractivity contribution is 1.07. The van der Waals surface area contributed by atoms with Crippen LogP contribution in [-0.4, -0.2) is 9.38 Å². The summed E-state index contributed by atoms with van der Waals surface area (Å²) in [6.45, 7) is 2.00. The highest BCUT2D eigenvalue weighted by Gasteiger charge is 1.97. The Morgan fingerprint density at radius 2 is 2.27 bits per heavy atom. The maximum absolute atomic E-state index is 5.84. The molecular formula is C8H7ClN2. The Hall–Kier alpha value is -1.02. The molecular weight excluding hydrogens is 160 g/mol. The molecule has 11 heavy (non-hydrogen) atoms. The summed E-state index contributed by atoms with van der Waals surface area (Å²) in [6.07, 6.45) is 3.57. The molecule has 0 fully saturated rings. The van der Waals surface area contributed by atoms with Crippen LogP contribution in [0.3, 0.4) is 0 Å². The van der Waals surface area contributed by atoms with E-state index >= 15 is 0 Å². The van der Waals surface area contributed by atoms with Gasteiger partial charge in [-0.3, -0.25) is 0 Å². The van der Waals surface area contributed by atoms with E-state index < -0.39 is 0 Å². The highest BCUT2D eigenvalue weighted by Crippen LogP contribution is 2.14. The van der Waals surface area contributed by atoms with E-state index in [0.717, 1.165) is 16.2 Å². The summed E-state index contributed by atoms with van der Waals surface area (Å²) in [7, 11) is 0. The van der Waals surface area contributed by atoms with Gasteiger partial charge >= 0.3 is 0 Å². The van der Waals surface area contributed by atoms with E-state index in [-0.39, 0.29) is 0 Å². The summed E-state index contributed by atoms with van der Waals surface area (Å²) in [4.78, 5) is 4.01. The lowest BCUT2D eigenvalue weighted by Gasteiger charge is -1.98. The Balaban J connectivity index is 2.91. The minimum atomic E-state index is 0.760. The summed E-state index contributed by atoms with van der Waals surface area (Å²) in [6, 6.07) is 3.80. The molecule has 3 heteroatoms. The highest BCUT2D eigenvalue weighted by molar-refractivity contribution is 6.30. The Kier molecular flexibility index (Phi) is 1.36. The maximum Gasteiger partial charge on any atom is 0.0994 e. The number of hydrogen-bond acceptors (Lipinski definition) is 1. The normalized spacial score (nSPS) is 10.7. The van der Waals surface area contributed by atoms with Crippen LogP contribution < -0.4 is 0 Å². The van der Waals surface area contributed by atoms with Gasteiger partial charge in [0, 0.05) is 10.7 Å². The summed E-state index contributed by atoms with van der Waals surface area (Å²) in [5.74, 6) is 0. The topological polar surface area (TPSA) is 17.3 Å². The van der Waals surface area contributed by atoms with Crippen molar-refractivity contribution in [2.24, 2.45) is 0 Å². The molecule has 0 N–H and O–H groups in total. The average molecular weight is 167 g/mol. The molecule has 0 aliphatic rings. The van der Waals surface area contributed by atoms with E-state index in [4.69, 9.17) is 11.6 Å². The zero-order chi connectivity index (χ0) is 7.84. The fourth-order valence-corrected chi connectivity index (χ4v) is 1.43. The molecule has 0 saturated heterocycles. The lowest BCUT2D eigenvalue weighted by Crippen LogP contribution is -1.87. The van der Waals surface area contributed by atoms with E-state index in [0.29, 0.717) is 0 Å². The van der Waals surface area contributed by atoms with Crippen molar-refractivity contribution in [2.45, 2.75) is 6.92 Å². The predicted molar refractivity (Wildman–Crippen MR) is 44.9 cm³/mol. The molecule has 2 aromatic rings. The van der Waals surface area contributed by atoms with Gasteiger partial charge in [-0.05, 0) is 19.1 Å². The maximum atomic E-state index is 5.84. The van der Waals surface area contributed by atoms with Gasteiger partial charge in [0.25, 0.3) is 0 Å². The van der Waals surface area contributed by atoms with Gasteiger partial charge in [-0.25, -0.2) is 4.98 Å². The molecule has 2 nitrogen and oxygen atoms in total. The summed E-state index contributed by atoms with van der Waals surface area (Å²) in [5.41, 5.74) is 2.14. The van der Waals surface area contributed by atoms with Crippen molar-refractivity contribution in [3.8, 4) is 0 Å². The van der Waals surface area contributed by atoms with Crippen LogP contribution in [0.15, 0.2) is 24.7 Å². The van der Waals surface area contributed by atoms with Crippen molar-refractivity contribution < 1.29 is 0 Å². The van der Waals surface area contributed by atoms with Crippen LogP contribution in [0, 0.1) is 6.92 Å². The summed E-state index contributed by atoms with van der Waals surface area (Å²) < 4.78 is 1.99. The third-order valence-corrected chi connectivity index (χ3v) is 1.90. The number of aryl methyl sites for hydroxylation is 1. The van der Waals surface area contributed by atoms with Gasteiger partial charge < -0.3 is 4.40 Å². The van der Waals surface area contributed by atoms with Crippen molar-refractivity contribution >= 4 is 17.1 Å². The molecule has 0 aromatic carbocycles. The zero-order valence-electron chi connectivity index (χ0n) is 6.08. The van der Waals surface area contributed by atoms with Gasteiger partial charge in [-0.1, -0.05) is 11.6 Å². The molecule has 0 spiro atoms. The number of hydrogen-bond donors (Lipinski definition) is 0. The van der Waals surface area contributed by atoms with Crippen molar-refractivity contribution in [3.63, 3.8) is 0 Å². The molecule has 56 valence electrons. The van der Waals surface area contributed by atoms with Crippen molar-refractivity contribution in [2.75, 3.05) is 0 Å². The molecule has 0 saturated carbocycles. The Morgan fingerprint density at radius 1 is 1.45 bits per heavy atom. The summed E-state index contributed by atoms with van der Waals surface area (Å²) >= 11 is 5.84. The standard InChI is InChI=1S/C8H7ClN2/c1-6-2-7(9)3-8-4-10-5-11(6)8/h2-5H,1H3. The van der Waals surface area contributed by atoms with Crippen molar-refractivity contribution in [3.05, 3.63) is 35.4 Å². The van der Waals surface area contributed by atoms with Gasteiger partial charge in [0.1, 0.15) is 0 Å². The van der Waals surface area contributed by atoms with Crippen LogP contribution in [0.2, 0.25) is 5.02 Å². The molecule has 0 radical (unpaired) electrons. The molecule has 0 bridgehead atoms. The second-order valence-corrected chi connectivity index (χ2v) is 2.94. The number of fused-ring (bicyclic) bond motifs is 1. The van der Waals surface area contributed by atoms with Crippen LogP contribution in [-0.2, 0) is 0 Å². The van der Waals surface area contributed by atoms with Crippen LogP contribution in [0.1, 0.15) is 5.69 Å². The third kappa shape index (κ3) is 0.994. The van der Waals surface area contributed by atoms with Gasteiger partial charge in [0.05, 0.1) is 18.0 Å². The smallest absolute Gasteiger partial charge is 0.0994 e. The number of halogens is 1. The molecule has 0 aliphatic carbocycles.